The van der Waals surface area contributed by atoms with Crippen LogP contribution in [0.3, 0.4) is 0 Å². The maximum Gasteiger partial charge on any atom is 0.309 e. The van der Waals surface area contributed by atoms with Gasteiger partial charge in [0.1, 0.15) is 0 Å². The zero-order valence-corrected chi connectivity index (χ0v) is 14.3. The fraction of sp³-hybridized carbons (Fsp3) is 0.750. The molecular formula is C20H30O2. The summed E-state index contributed by atoms with van der Waals surface area (Å²) in [5, 5.41) is 9.84. The molecule has 0 bridgehead atoms. The van der Waals surface area contributed by atoms with Crippen molar-refractivity contribution in [3.05, 3.63) is 24.3 Å². The summed E-state index contributed by atoms with van der Waals surface area (Å²) in [7, 11) is 0. The van der Waals surface area contributed by atoms with E-state index in [1.165, 1.54) is 12.8 Å². The highest BCUT2D eigenvalue weighted by molar-refractivity contribution is 5.75. The van der Waals surface area contributed by atoms with E-state index >= 15 is 0 Å². The molecule has 0 amide bonds. The lowest BCUT2D eigenvalue weighted by Gasteiger charge is -2.59. The first-order chi connectivity index (χ1) is 10.3. The van der Waals surface area contributed by atoms with Crippen molar-refractivity contribution >= 4 is 5.97 Å². The lowest BCUT2D eigenvalue weighted by atomic mass is 9.45. The normalized spacial score (nSPS) is 47.9. The maximum absolute atomic E-state index is 12.0. The number of carboxylic acid groups (broad SMARTS) is 1. The summed E-state index contributed by atoms with van der Waals surface area (Å²) in [6.07, 6.45) is 12.1. The molecule has 0 spiro atoms. The van der Waals surface area contributed by atoms with Crippen molar-refractivity contribution in [3.8, 4) is 0 Å². The number of hydrogen-bond acceptors (Lipinski definition) is 1. The molecule has 3 rings (SSSR count). The average Bonchev–Trinajstić information content (AvgIpc) is 2.46. The largest absolute Gasteiger partial charge is 0.481 e. The summed E-state index contributed by atoms with van der Waals surface area (Å²) in [5.74, 6) is 0.322. The summed E-state index contributed by atoms with van der Waals surface area (Å²) in [4.78, 5) is 12.0. The minimum Gasteiger partial charge on any atom is -0.481 e. The molecule has 2 heteroatoms. The molecular weight excluding hydrogens is 272 g/mol. The summed E-state index contributed by atoms with van der Waals surface area (Å²) >= 11 is 0. The second-order valence-corrected chi connectivity index (χ2v) is 8.69. The molecule has 22 heavy (non-hydrogen) atoms. The Bertz CT molecular complexity index is 534. The smallest absolute Gasteiger partial charge is 0.309 e. The van der Waals surface area contributed by atoms with Gasteiger partial charge in [-0.2, -0.15) is 0 Å². The van der Waals surface area contributed by atoms with Gasteiger partial charge in [0.05, 0.1) is 5.41 Å². The lowest BCUT2D eigenvalue weighted by molar-refractivity contribution is -0.164. The fourth-order valence-corrected chi connectivity index (χ4v) is 5.94. The summed E-state index contributed by atoms with van der Waals surface area (Å²) in [5.41, 5.74) is 1.36. The molecule has 2 fully saturated rings. The third kappa shape index (κ3) is 2.10. The Morgan fingerprint density at radius 2 is 2.00 bits per heavy atom. The van der Waals surface area contributed by atoms with E-state index in [1.54, 1.807) is 5.57 Å². The lowest BCUT2D eigenvalue weighted by Crippen LogP contribution is -2.54. The predicted octanol–water partition coefficient (Wildman–Crippen LogP) is 5.21. The van der Waals surface area contributed by atoms with Crippen LogP contribution >= 0.6 is 0 Å². The van der Waals surface area contributed by atoms with Gasteiger partial charge in [-0.05, 0) is 62.7 Å². The highest BCUT2D eigenvalue weighted by atomic mass is 16.4. The van der Waals surface area contributed by atoms with Crippen LogP contribution in [-0.4, -0.2) is 11.1 Å². The van der Waals surface area contributed by atoms with Gasteiger partial charge in [0.2, 0.25) is 0 Å². The zero-order valence-electron chi connectivity index (χ0n) is 14.3. The van der Waals surface area contributed by atoms with Crippen LogP contribution in [0.2, 0.25) is 0 Å². The molecule has 0 aliphatic heterocycles. The van der Waals surface area contributed by atoms with Crippen LogP contribution in [-0.2, 0) is 4.79 Å². The summed E-state index contributed by atoms with van der Waals surface area (Å²) in [6, 6.07) is 0. The van der Waals surface area contributed by atoms with Crippen molar-refractivity contribution in [2.24, 2.45) is 28.1 Å². The number of carbonyl (C=O) groups is 1. The molecule has 0 aromatic carbocycles. The van der Waals surface area contributed by atoms with Gasteiger partial charge in [0.15, 0.2) is 0 Å². The molecule has 5 atom stereocenters. The molecule has 122 valence electrons. The molecule has 0 heterocycles. The predicted molar refractivity (Wildman–Crippen MR) is 89.5 cm³/mol. The van der Waals surface area contributed by atoms with Crippen molar-refractivity contribution < 1.29 is 9.90 Å². The summed E-state index contributed by atoms with van der Waals surface area (Å²) in [6.45, 7) is 10.7. The second-order valence-electron chi connectivity index (χ2n) is 8.69. The van der Waals surface area contributed by atoms with Crippen molar-refractivity contribution in [2.45, 2.75) is 65.7 Å². The Balaban J connectivity index is 1.99. The standard InChI is InChI=1S/C20H30O2/c1-5-18(2)12-9-15-14(13-18)7-8-16-19(15,3)10-6-11-20(16,4)17(21)22/h5,13,15-16H,1,6-12H2,2-4H3,(H,21,22)/t15?,16-,18?,19-,20+/m0/s1. The Morgan fingerprint density at radius 3 is 2.64 bits per heavy atom. The number of hydrogen-bond donors (Lipinski definition) is 1. The van der Waals surface area contributed by atoms with Gasteiger partial charge < -0.3 is 5.11 Å². The zero-order chi connectivity index (χ0) is 16.2. The number of rotatable bonds is 2. The topological polar surface area (TPSA) is 37.3 Å². The van der Waals surface area contributed by atoms with E-state index in [0.717, 1.165) is 32.1 Å². The van der Waals surface area contributed by atoms with Crippen LogP contribution < -0.4 is 0 Å². The molecule has 0 saturated heterocycles. The van der Waals surface area contributed by atoms with E-state index in [0.29, 0.717) is 11.8 Å². The molecule has 0 radical (unpaired) electrons. The Labute approximate surface area is 134 Å². The molecule has 0 aromatic rings. The Hall–Kier alpha value is -1.05. The van der Waals surface area contributed by atoms with Crippen molar-refractivity contribution in [1.29, 1.82) is 0 Å². The van der Waals surface area contributed by atoms with Gasteiger partial charge in [-0.1, -0.05) is 38.0 Å². The van der Waals surface area contributed by atoms with Gasteiger partial charge in [-0.15, -0.1) is 6.58 Å². The maximum atomic E-state index is 12.0. The Kier molecular flexibility index (Phi) is 3.58. The van der Waals surface area contributed by atoms with Gasteiger partial charge in [0.25, 0.3) is 0 Å². The number of fused-ring (bicyclic) bond motifs is 3. The minimum atomic E-state index is -0.581. The highest BCUT2D eigenvalue weighted by Crippen LogP contribution is 2.63. The van der Waals surface area contributed by atoms with Gasteiger partial charge in [-0.3, -0.25) is 4.79 Å². The first kappa shape index (κ1) is 15.8. The van der Waals surface area contributed by atoms with Gasteiger partial charge in [-0.25, -0.2) is 0 Å². The van der Waals surface area contributed by atoms with E-state index in [-0.39, 0.29) is 10.8 Å². The fourth-order valence-electron chi connectivity index (χ4n) is 5.94. The van der Waals surface area contributed by atoms with Crippen LogP contribution in [0, 0.1) is 28.1 Å². The third-order valence-electron chi connectivity index (χ3n) is 7.38. The van der Waals surface area contributed by atoms with Crippen LogP contribution in [0.25, 0.3) is 0 Å². The highest BCUT2D eigenvalue weighted by Gasteiger charge is 2.58. The van der Waals surface area contributed by atoms with Crippen LogP contribution in [0.5, 0.6) is 0 Å². The molecule has 3 aliphatic carbocycles. The average molecular weight is 302 g/mol. The SMILES string of the molecule is C=CC1(C)C=C2CC[C@@H]3[C@](C)(C(=O)O)CCC[C@@]3(C)C2CC1. The van der Waals surface area contributed by atoms with E-state index in [1.807, 2.05) is 6.92 Å². The van der Waals surface area contributed by atoms with E-state index in [9.17, 15) is 9.90 Å². The third-order valence-corrected chi connectivity index (χ3v) is 7.38. The van der Waals surface area contributed by atoms with E-state index < -0.39 is 11.4 Å². The quantitative estimate of drug-likeness (QED) is 0.711. The molecule has 2 saturated carbocycles. The number of aliphatic carboxylic acids is 1. The summed E-state index contributed by atoms with van der Waals surface area (Å²) < 4.78 is 0. The number of allylic oxidation sites excluding steroid dienone is 3. The van der Waals surface area contributed by atoms with Gasteiger partial charge >= 0.3 is 5.97 Å². The van der Waals surface area contributed by atoms with Crippen LogP contribution in [0.1, 0.15) is 65.7 Å². The van der Waals surface area contributed by atoms with E-state index in [2.05, 4.69) is 32.6 Å². The monoisotopic (exact) mass is 302 g/mol. The first-order valence-corrected chi connectivity index (χ1v) is 8.84. The van der Waals surface area contributed by atoms with Crippen molar-refractivity contribution in [3.63, 3.8) is 0 Å². The molecule has 3 aliphatic rings. The molecule has 0 aromatic heterocycles. The van der Waals surface area contributed by atoms with E-state index in [4.69, 9.17) is 0 Å². The van der Waals surface area contributed by atoms with Crippen molar-refractivity contribution in [2.75, 3.05) is 0 Å². The minimum absolute atomic E-state index is 0.139. The Morgan fingerprint density at radius 1 is 1.27 bits per heavy atom. The van der Waals surface area contributed by atoms with Gasteiger partial charge in [0, 0.05) is 5.41 Å². The van der Waals surface area contributed by atoms with Crippen molar-refractivity contribution in [1.82, 2.24) is 0 Å². The second kappa shape index (κ2) is 4.97. The molecule has 2 nitrogen and oxygen atoms in total. The molecule has 2 unspecified atom stereocenters. The van der Waals surface area contributed by atoms with Crippen LogP contribution in [0.15, 0.2) is 24.3 Å². The van der Waals surface area contributed by atoms with Crippen LogP contribution in [0.4, 0.5) is 0 Å². The molecule has 1 N–H and O–H groups in total. The number of carboxylic acids is 1. The first-order valence-electron chi connectivity index (χ1n) is 8.84.